The third-order valence-corrected chi connectivity index (χ3v) is 5.54. The summed E-state index contributed by atoms with van der Waals surface area (Å²) < 4.78 is 46.2. The van der Waals surface area contributed by atoms with Gasteiger partial charge in [0.05, 0.1) is 40.7 Å². The largest absolute Gasteiger partial charge is 0.467 e. The number of anilines is 1. The van der Waals surface area contributed by atoms with Gasteiger partial charge < -0.3 is 9.73 Å². The number of para-hydroxylation sites is 2. The van der Waals surface area contributed by atoms with Gasteiger partial charge in [-0.05, 0) is 36.4 Å². The fourth-order valence-electron chi connectivity index (χ4n) is 3.11. The normalized spacial score (nSPS) is 11.6. The number of hydrogen-bond donors (Lipinski definition) is 1. The zero-order valence-electron chi connectivity index (χ0n) is 16.4. The molecule has 0 fully saturated rings. The van der Waals surface area contributed by atoms with E-state index < -0.39 is 17.6 Å². The van der Waals surface area contributed by atoms with Gasteiger partial charge in [-0.3, -0.25) is 14.2 Å². The van der Waals surface area contributed by atoms with E-state index in [4.69, 9.17) is 4.42 Å². The zero-order valence-corrected chi connectivity index (χ0v) is 17.2. The molecule has 0 aliphatic rings. The molecule has 1 N–H and O–H groups in total. The van der Waals surface area contributed by atoms with Crippen LogP contribution in [0.15, 0.2) is 81.3 Å². The Morgan fingerprint density at radius 3 is 2.56 bits per heavy atom. The molecule has 32 heavy (non-hydrogen) atoms. The predicted molar refractivity (Wildman–Crippen MR) is 115 cm³/mol. The summed E-state index contributed by atoms with van der Waals surface area (Å²) in [7, 11) is 0. The Morgan fingerprint density at radius 1 is 1.06 bits per heavy atom. The van der Waals surface area contributed by atoms with Gasteiger partial charge in [0.2, 0.25) is 5.91 Å². The number of halogens is 3. The standard InChI is InChI=1S/C22H16F3N3O3S/c23-22(24,25)16-8-2-4-10-18(16)26-19(29)13-32-21-27-17-9-3-1-7-15(17)20(30)28(21)12-14-6-5-11-31-14/h1-11H,12-13H2,(H,26,29). The Labute approximate surface area is 184 Å². The van der Waals surface area contributed by atoms with Crippen LogP contribution in [-0.2, 0) is 17.5 Å². The first-order chi connectivity index (χ1) is 15.3. The molecule has 0 saturated heterocycles. The van der Waals surface area contributed by atoms with Gasteiger partial charge in [0.1, 0.15) is 5.76 Å². The first kappa shape index (κ1) is 21.7. The highest BCUT2D eigenvalue weighted by molar-refractivity contribution is 7.99. The molecule has 4 rings (SSSR count). The van der Waals surface area contributed by atoms with Crippen LogP contribution in [0.25, 0.3) is 10.9 Å². The van der Waals surface area contributed by atoms with Crippen molar-refractivity contribution < 1.29 is 22.4 Å². The number of hydrogen-bond acceptors (Lipinski definition) is 5. The second-order valence-electron chi connectivity index (χ2n) is 6.76. The molecule has 2 aromatic carbocycles. The van der Waals surface area contributed by atoms with Crippen LogP contribution in [0.5, 0.6) is 0 Å². The van der Waals surface area contributed by atoms with Crippen molar-refractivity contribution in [3.63, 3.8) is 0 Å². The topological polar surface area (TPSA) is 77.1 Å². The molecule has 164 valence electrons. The number of alkyl halides is 3. The summed E-state index contributed by atoms with van der Waals surface area (Å²) in [6, 6.07) is 14.9. The van der Waals surface area contributed by atoms with Crippen LogP contribution in [0.2, 0.25) is 0 Å². The van der Waals surface area contributed by atoms with E-state index in [2.05, 4.69) is 10.3 Å². The van der Waals surface area contributed by atoms with Crippen molar-refractivity contribution in [2.45, 2.75) is 17.9 Å². The van der Waals surface area contributed by atoms with E-state index in [9.17, 15) is 22.8 Å². The summed E-state index contributed by atoms with van der Waals surface area (Å²) in [5.41, 5.74) is -1.11. The number of carbonyl (C=O) groups is 1. The van der Waals surface area contributed by atoms with Crippen LogP contribution in [0.3, 0.4) is 0 Å². The fourth-order valence-corrected chi connectivity index (χ4v) is 3.91. The highest BCUT2D eigenvalue weighted by Gasteiger charge is 2.33. The summed E-state index contributed by atoms with van der Waals surface area (Å²) in [5, 5.41) is 2.95. The molecular weight excluding hydrogens is 443 g/mol. The van der Waals surface area contributed by atoms with Crippen LogP contribution >= 0.6 is 11.8 Å². The molecule has 0 bridgehead atoms. The first-order valence-corrected chi connectivity index (χ1v) is 10.4. The lowest BCUT2D eigenvalue weighted by molar-refractivity contribution is -0.137. The van der Waals surface area contributed by atoms with Crippen molar-refractivity contribution in [1.29, 1.82) is 0 Å². The third-order valence-electron chi connectivity index (χ3n) is 4.56. The van der Waals surface area contributed by atoms with Gasteiger partial charge in [-0.2, -0.15) is 13.2 Å². The van der Waals surface area contributed by atoms with Gasteiger partial charge in [0.25, 0.3) is 5.56 Å². The molecule has 1 amide bonds. The molecule has 2 aromatic heterocycles. The number of fused-ring (bicyclic) bond motifs is 1. The van der Waals surface area contributed by atoms with E-state index in [1.54, 1.807) is 36.4 Å². The Hall–Kier alpha value is -3.53. The van der Waals surface area contributed by atoms with Gasteiger partial charge in [0, 0.05) is 0 Å². The van der Waals surface area contributed by atoms with Crippen LogP contribution in [0, 0.1) is 0 Å². The maximum Gasteiger partial charge on any atom is 0.418 e. The van der Waals surface area contributed by atoms with Gasteiger partial charge in [-0.15, -0.1) is 0 Å². The smallest absolute Gasteiger partial charge is 0.418 e. The molecule has 0 radical (unpaired) electrons. The number of nitrogens with zero attached hydrogens (tertiary/aromatic N) is 2. The molecule has 0 atom stereocenters. The van der Waals surface area contributed by atoms with Gasteiger partial charge in [-0.25, -0.2) is 4.98 Å². The first-order valence-electron chi connectivity index (χ1n) is 9.44. The summed E-state index contributed by atoms with van der Waals surface area (Å²) >= 11 is 0.955. The lowest BCUT2D eigenvalue weighted by Gasteiger charge is -2.14. The molecule has 0 spiro atoms. The van der Waals surface area contributed by atoms with Gasteiger partial charge in [0.15, 0.2) is 5.16 Å². The van der Waals surface area contributed by atoms with E-state index >= 15 is 0 Å². The Bertz CT molecular complexity index is 1320. The van der Waals surface area contributed by atoms with Crippen LogP contribution in [0.1, 0.15) is 11.3 Å². The number of nitrogens with one attached hydrogen (secondary N) is 1. The van der Waals surface area contributed by atoms with Crippen molar-refractivity contribution in [1.82, 2.24) is 9.55 Å². The van der Waals surface area contributed by atoms with E-state index in [0.29, 0.717) is 16.7 Å². The second-order valence-corrected chi connectivity index (χ2v) is 7.70. The number of rotatable bonds is 6. The highest BCUT2D eigenvalue weighted by Crippen LogP contribution is 2.34. The summed E-state index contributed by atoms with van der Waals surface area (Å²) in [4.78, 5) is 29.9. The Kier molecular flexibility index (Phi) is 6.04. The molecule has 0 aliphatic heterocycles. The molecule has 6 nitrogen and oxygen atoms in total. The Morgan fingerprint density at radius 2 is 1.81 bits per heavy atom. The minimum Gasteiger partial charge on any atom is -0.467 e. The number of carbonyl (C=O) groups excluding carboxylic acids is 1. The quantitative estimate of drug-likeness (QED) is 0.332. The number of thioether (sulfide) groups is 1. The number of aromatic nitrogens is 2. The number of furan rings is 1. The zero-order chi connectivity index (χ0) is 22.7. The highest BCUT2D eigenvalue weighted by atomic mass is 32.2. The van der Waals surface area contributed by atoms with Crippen molar-refractivity contribution >= 4 is 34.3 Å². The van der Waals surface area contributed by atoms with Gasteiger partial charge >= 0.3 is 6.18 Å². The molecular formula is C22H16F3N3O3S. The Balaban J connectivity index is 1.59. The average molecular weight is 459 g/mol. The lowest BCUT2D eigenvalue weighted by Crippen LogP contribution is -2.25. The van der Waals surface area contributed by atoms with E-state index in [0.717, 1.165) is 17.8 Å². The van der Waals surface area contributed by atoms with E-state index in [-0.39, 0.29) is 28.7 Å². The average Bonchev–Trinajstić information content (AvgIpc) is 3.27. The van der Waals surface area contributed by atoms with Crippen LogP contribution in [-0.4, -0.2) is 21.2 Å². The predicted octanol–water partition coefficient (Wildman–Crippen LogP) is 4.79. The second kappa shape index (κ2) is 8.91. The van der Waals surface area contributed by atoms with Crippen molar-refractivity contribution in [2.75, 3.05) is 11.1 Å². The van der Waals surface area contributed by atoms with Gasteiger partial charge in [-0.1, -0.05) is 36.0 Å². The lowest BCUT2D eigenvalue weighted by atomic mass is 10.1. The minimum absolute atomic E-state index is 0.102. The molecule has 10 heteroatoms. The molecule has 0 unspecified atom stereocenters. The molecule has 4 aromatic rings. The van der Waals surface area contributed by atoms with Crippen molar-refractivity contribution in [3.05, 3.63) is 88.6 Å². The van der Waals surface area contributed by atoms with Crippen LogP contribution < -0.4 is 10.9 Å². The minimum atomic E-state index is -4.60. The van der Waals surface area contributed by atoms with Crippen LogP contribution in [0.4, 0.5) is 18.9 Å². The SMILES string of the molecule is O=C(CSc1nc2ccccc2c(=O)n1Cc1ccco1)Nc1ccccc1C(F)(F)F. The fraction of sp³-hybridized carbons (Fsp3) is 0.136. The summed E-state index contributed by atoms with van der Waals surface area (Å²) in [6.45, 7) is 0.102. The maximum atomic E-state index is 13.2. The molecule has 0 aliphatic carbocycles. The summed E-state index contributed by atoms with van der Waals surface area (Å²) in [6.07, 6.45) is -3.12. The molecule has 0 saturated carbocycles. The van der Waals surface area contributed by atoms with Crippen molar-refractivity contribution in [3.8, 4) is 0 Å². The van der Waals surface area contributed by atoms with E-state index in [1.165, 1.54) is 29.0 Å². The number of amides is 1. The molecule has 2 heterocycles. The van der Waals surface area contributed by atoms with Crippen molar-refractivity contribution in [2.24, 2.45) is 0 Å². The maximum absolute atomic E-state index is 13.2. The number of benzene rings is 2. The third kappa shape index (κ3) is 4.70. The monoisotopic (exact) mass is 459 g/mol. The van der Waals surface area contributed by atoms with E-state index in [1.807, 2.05) is 0 Å². The summed E-state index contributed by atoms with van der Waals surface area (Å²) in [5.74, 6) is -0.372.